The molecule has 2 aromatic rings. The number of amidine groups is 1. The second-order valence-electron chi connectivity index (χ2n) is 4.38. The molecular weight excluding hydrogens is 268 g/mol. The number of nitrogens with two attached hydrogens (primary N) is 1. The highest BCUT2D eigenvalue weighted by molar-refractivity contribution is 6.40. The summed E-state index contributed by atoms with van der Waals surface area (Å²) in [6, 6.07) is 15.0. The average molecular weight is 282 g/mol. The van der Waals surface area contributed by atoms with E-state index in [1.54, 1.807) is 12.1 Å². The summed E-state index contributed by atoms with van der Waals surface area (Å²) in [4.78, 5) is 23.6. The molecule has 5 heteroatoms. The third-order valence-corrected chi connectivity index (χ3v) is 2.86. The molecule has 0 unspecified atom stereocenters. The third-order valence-electron chi connectivity index (χ3n) is 2.86. The second-order valence-corrected chi connectivity index (χ2v) is 4.38. The Morgan fingerprint density at radius 2 is 1.52 bits per heavy atom. The van der Waals surface area contributed by atoms with E-state index in [1.165, 1.54) is 24.3 Å². The summed E-state index contributed by atoms with van der Waals surface area (Å²) in [6.45, 7) is 0.0525. The lowest BCUT2D eigenvalue weighted by molar-refractivity contribution is -0.139. The zero-order valence-corrected chi connectivity index (χ0v) is 11.2. The van der Waals surface area contributed by atoms with E-state index in [2.05, 4.69) is 0 Å². The summed E-state index contributed by atoms with van der Waals surface area (Å²) in [6.07, 6.45) is 0. The van der Waals surface area contributed by atoms with E-state index >= 15 is 0 Å². The Morgan fingerprint density at radius 3 is 2.10 bits per heavy atom. The Kier molecular flexibility index (Phi) is 4.46. The van der Waals surface area contributed by atoms with Crippen LogP contribution in [0.15, 0.2) is 54.6 Å². The van der Waals surface area contributed by atoms with Crippen molar-refractivity contribution in [3.8, 4) is 0 Å². The number of nitrogen functional groups attached to an aromatic ring is 1. The van der Waals surface area contributed by atoms with E-state index < -0.39 is 11.8 Å². The number of hydrogen-bond donors (Lipinski definition) is 2. The van der Waals surface area contributed by atoms with Gasteiger partial charge in [0.1, 0.15) is 12.4 Å². The first-order chi connectivity index (χ1) is 10.1. The highest BCUT2D eigenvalue weighted by Gasteiger charge is 2.18. The second kappa shape index (κ2) is 6.47. The van der Waals surface area contributed by atoms with Gasteiger partial charge in [-0.1, -0.05) is 54.6 Å². The summed E-state index contributed by atoms with van der Waals surface area (Å²) < 4.78 is 4.97. The molecule has 0 heterocycles. The molecule has 2 aromatic carbocycles. The van der Waals surface area contributed by atoms with Gasteiger partial charge in [0, 0.05) is 11.1 Å². The molecule has 0 amide bonds. The molecule has 0 aliphatic carbocycles. The molecule has 0 saturated carbocycles. The Morgan fingerprint density at radius 1 is 0.952 bits per heavy atom. The minimum Gasteiger partial charge on any atom is -0.455 e. The Bertz CT molecular complexity index is 664. The zero-order valence-electron chi connectivity index (χ0n) is 11.2. The van der Waals surface area contributed by atoms with Crippen molar-refractivity contribution in [2.24, 2.45) is 5.73 Å². The van der Waals surface area contributed by atoms with Crippen LogP contribution in [0.4, 0.5) is 0 Å². The van der Waals surface area contributed by atoms with Gasteiger partial charge in [-0.15, -0.1) is 0 Å². The first-order valence-electron chi connectivity index (χ1n) is 6.28. The first-order valence-corrected chi connectivity index (χ1v) is 6.28. The van der Waals surface area contributed by atoms with Gasteiger partial charge in [-0.2, -0.15) is 0 Å². The van der Waals surface area contributed by atoms with Crippen LogP contribution in [0.2, 0.25) is 0 Å². The molecule has 21 heavy (non-hydrogen) atoms. The van der Waals surface area contributed by atoms with Crippen LogP contribution in [0.25, 0.3) is 0 Å². The maximum atomic E-state index is 11.9. The van der Waals surface area contributed by atoms with Gasteiger partial charge in [0.2, 0.25) is 0 Å². The number of ether oxygens (including phenoxy) is 1. The summed E-state index contributed by atoms with van der Waals surface area (Å²) >= 11 is 0. The Hall–Kier alpha value is -2.95. The molecule has 106 valence electrons. The fraction of sp³-hybridized carbons (Fsp3) is 0.0625. The zero-order chi connectivity index (χ0) is 15.2. The lowest BCUT2D eigenvalue weighted by Gasteiger charge is -2.05. The summed E-state index contributed by atoms with van der Waals surface area (Å²) in [5.41, 5.74) is 6.83. The molecule has 2 rings (SSSR count). The number of carbonyl (C=O) groups excluding carboxylic acids is 2. The smallest absolute Gasteiger partial charge is 0.380 e. The van der Waals surface area contributed by atoms with Crippen LogP contribution in [0, 0.1) is 5.41 Å². The highest BCUT2D eigenvalue weighted by atomic mass is 16.5. The number of esters is 1. The van der Waals surface area contributed by atoms with Crippen molar-refractivity contribution >= 4 is 17.6 Å². The minimum absolute atomic E-state index is 0.0525. The van der Waals surface area contributed by atoms with E-state index in [4.69, 9.17) is 15.9 Å². The van der Waals surface area contributed by atoms with E-state index in [1.807, 2.05) is 18.2 Å². The molecule has 0 radical (unpaired) electrons. The van der Waals surface area contributed by atoms with Gasteiger partial charge in [0.25, 0.3) is 5.78 Å². The van der Waals surface area contributed by atoms with Crippen LogP contribution < -0.4 is 5.73 Å². The van der Waals surface area contributed by atoms with Crippen LogP contribution in [0.5, 0.6) is 0 Å². The molecule has 0 spiro atoms. The number of rotatable bonds is 5. The molecule has 3 N–H and O–H groups in total. The van der Waals surface area contributed by atoms with Crippen LogP contribution in [0.1, 0.15) is 21.5 Å². The molecule has 0 saturated heterocycles. The number of benzene rings is 2. The largest absolute Gasteiger partial charge is 0.455 e. The molecule has 0 fully saturated rings. The normalized spacial score (nSPS) is 9.90. The summed E-state index contributed by atoms with van der Waals surface area (Å²) in [5.74, 6) is -1.73. The predicted octanol–water partition coefficient (Wildman–Crippen LogP) is 1.90. The number of hydrogen-bond acceptors (Lipinski definition) is 4. The predicted molar refractivity (Wildman–Crippen MR) is 78.0 cm³/mol. The maximum Gasteiger partial charge on any atom is 0.380 e. The van der Waals surface area contributed by atoms with Crippen molar-refractivity contribution in [3.05, 3.63) is 71.3 Å². The lowest BCUT2D eigenvalue weighted by atomic mass is 10.1. The monoisotopic (exact) mass is 282 g/mol. The van der Waals surface area contributed by atoms with E-state index in [0.29, 0.717) is 5.56 Å². The summed E-state index contributed by atoms with van der Waals surface area (Å²) in [7, 11) is 0. The minimum atomic E-state index is -0.908. The molecular formula is C16H14N2O3. The van der Waals surface area contributed by atoms with Crippen LogP contribution in [0.3, 0.4) is 0 Å². The van der Waals surface area contributed by atoms with E-state index in [-0.39, 0.29) is 18.0 Å². The standard InChI is InChI=1S/C16H14N2O3/c17-15(18)13-8-6-12(7-9-13)14(19)16(20)21-10-11-4-2-1-3-5-11/h1-9H,10H2,(H3,17,18). The summed E-state index contributed by atoms with van der Waals surface area (Å²) in [5, 5.41) is 7.26. The number of ketones is 1. The SMILES string of the molecule is N=C(N)c1ccc(C(=O)C(=O)OCc2ccccc2)cc1. The topological polar surface area (TPSA) is 93.2 Å². The van der Waals surface area contributed by atoms with Gasteiger partial charge in [0.05, 0.1) is 0 Å². The van der Waals surface area contributed by atoms with Crippen molar-refractivity contribution in [2.45, 2.75) is 6.61 Å². The van der Waals surface area contributed by atoms with Crippen molar-refractivity contribution < 1.29 is 14.3 Å². The van der Waals surface area contributed by atoms with Crippen LogP contribution in [-0.2, 0) is 16.1 Å². The van der Waals surface area contributed by atoms with Gasteiger partial charge < -0.3 is 10.5 Å². The van der Waals surface area contributed by atoms with Gasteiger partial charge in [-0.05, 0) is 5.56 Å². The quantitative estimate of drug-likeness (QED) is 0.288. The number of carbonyl (C=O) groups is 2. The molecule has 0 aliphatic rings. The maximum absolute atomic E-state index is 11.9. The lowest BCUT2D eigenvalue weighted by Crippen LogP contribution is -2.18. The van der Waals surface area contributed by atoms with Crippen LogP contribution >= 0.6 is 0 Å². The number of Topliss-reactive ketones (excluding diaryl/α,β-unsaturated/α-hetero) is 1. The average Bonchev–Trinajstić information content (AvgIpc) is 2.53. The van der Waals surface area contributed by atoms with Crippen molar-refractivity contribution in [2.75, 3.05) is 0 Å². The molecule has 0 aliphatic heterocycles. The van der Waals surface area contributed by atoms with Gasteiger partial charge in [-0.25, -0.2) is 4.79 Å². The molecule has 0 bridgehead atoms. The third kappa shape index (κ3) is 3.76. The van der Waals surface area contributed by atoms with Crippen molar-refractivity contribution in [1.82, 2.24) is 0 Å². The fourth-order valence-corrected chi connectivity index (χ4v) is 1.71. The Balaban J connectivity index is 1.99. The van der Waals surface area contributed by atoms with Crippen LogP contribution in [-0.4, -0.2) is 17.6 Å². The number of nitrogens with one attached hydrogen (secondary N) is 1. The van der Waals surface area contributed by atoms with Crippen molar-refractivity contribution in [3.63, 3.8) is 0 Å². The Labute approximate surface area is 121 Å². The molecule has 5 nitrogen and oxygen atoms in total. The molecule has 0 aromatic heterocycles. The van der Waals surface area contributed by atoms with Crippen molar-refractivity contribution in [1.29, 1.82) is 5.41 Å². The molecule has 0 atom stereocenters. The highest BCUT2D eigenvalue weighted by Crippen LogP contribution is 2.07. The van der Waals surface area contributed by atoms with Gasteiger partial charge >= 0.3 is 5.97 Å². The van der Waals surface area contributed by atoms with E-state index in [9.17, 15) is 9.59 Å². The van der Waals surface area contributed by atoms with Gasteiger partial charge in [-0.3, -0.25) is 10.2 Å². The first kappa shape index (κ1) is 14.5. The fourth-order valence-electron chi connectivity index (χ4n) is 1.71. The van der Waals surface area contributed by atoms with Gasteiger partial charge in [0.15, 0.2) is 0 Å². The van der Waals surface area contributed by atoms with E-state index in [0.717, 1.165) is 5.56 Å².